The molecule has 0 unspecified atom stereocenters. The van der Waals surface area contributed by atoms with Gasteiger partial charge in [0.25, 0.3) is 0 Å². The zero-order chi connectivity index (χ0) is 21.3. The van der Waals surface area contributed by atoms with Crippen molar-refractivity contribution in [1.29, 1.82) is 10.5 Å². The van der Waals surface area contributed by atoms with Crippen LogP contribution in [0.3, 0.4) is 0 Å². The molecule has 0 spiro atoms. The van der Waals surface area contributed by atoms with Crippen LogP contribution >= 0.6 is 0 Å². The van der Waals surface area contributed by atoms with Crippen molar-refractivity contribution in [2.45, 2.75) is 0 Å². The second-order valence-corrected chi connectivity index (χ2v) is 5.72. The molecular weight excluding hydrogens is 384 g/mol. The number of nitrogens with zero attached hydrogens (tertiary/aromatic N) is 5. The lowest BCUT2D eigenvalue weighted by Crippen LogP contribution is -2.04. The number of ether oxygens (including phenoxy) is 3. The topological polar surface area (TPSA) is 126 Å². The molecule has 30 heavy (non-hydrogen) atoms. The molecule has 0 aliphatic rings. The lowest BCUT2D eigenvalue weighted by molar-refractivity contribution is 0.341. The Labute approximate surface area is 172 Å². The van der Waals surface area contributed by atoms with Crippen molar-refractivity contribution in [3.63, 3.8) is 0 Å². The third-order valence-corrected chi connectivity index (χ3v) is 3.75. The van der Waals surface area contributed by atoms with Crippen LogP contribution in [-0.2, 0) is 0 Å². The van der Waals surface area contributed by atoms with Gasteiger partial charge in [0.05, 0.1) is 25.9 Å². The van der Waals surface area contributed by atoms with Gasteiger partial charge in [-0.3, -0.25) is 0 Å². The van der Waals surface area contributed by atoms with Gasteiger partial charge in [-0.05, 0) is 35.9 Å². The van der Waals surface area contributed by atoms with E-state index in [-0.39, 0.29) is 18.0 Å². The summed E-state index contributed by atoms with van der Waals surface area (Å²) in [5, 5.41) is 21.1. The number of methoxy groups -OCH3 is 2. The molecule has 0 aliphatic carbocycles. The molecule has 148 valence electrons. The molecule has 0 atom stereocenters. The Kier molecular flexibility index (Phi) is 6.39. The number of aromatic nitrogens is 3. The number of hydrogen-bond donors (Lipinski definition) is 1. The molecule has 0 saturated carbocycles. The van der Waals surface area contributed by atoms with Crippen LogP contribution in [0.1, 0.15) is 11.1 Å². The van der Waals surface area contributed by atoms with Gasteiger partial charge in [0.1, 0.15) is 17.6 Å². The molecule has 0 radical (unpaired) electrons. The van der Waals surface area contributed by atoms with Gasteiger partial charge in [-0.1, -0.05) is 12.1 Å². The van der Waals surface area contributed by atoms with E-state index in [4.69, 9.17) is 19.5 Å². The largest absolute Gasteiger partial charge is 0.467 e. The van der Waals surface area contributed by atoms with Crippen LogP contribution in [0.25, 0.3) is 6.08 Å². The summed E-state index contributed by atoms with van der Waals surface area (Å²) >= 11 is 0. The van der Waals surface area contributed by atoms with Crippen molar-refractivity contribution in [2.24, 2.45) is 0 Å². The first-order valence-corrected chi connectivity index (χ1v) is 8.64. The van der Waals surface area contributed by atoms with E-state index in [9.17, 15) is 5.26 Å². The number of nitrogens with one attached hydrogen (secondary N) is 1. The van der Waals surface area contributed by atoms with Crippen LogP contribution < -0.4 is 19.5 Å². The van der Waals surface area contributed by atoms with E-state index in [2.05, 4.69) is 26.3 Å². The maximum Gasteiger partial charge on any atom is 0.324 e. The van der Waals surface area contributed by atoms with E-state index >= 15 is 0 Å². The second-order valence-electron chi connectivity index (χ2n) is 5.72. The van der Waals surface area contributed by atoms with Crippen LogP contribution in [0.2, 0.25) is 0 Å². The normalized spacial score (nSPS) is 10.1. The fourth-order valence-corrected chi connectivity index (χ4v) is 2.42. The van der Waals surface area contributed by atoms with E-state index in [0.717, 1.165) is 5.56 Å². The molecule has 9 heteroatoms. The minimum absolute atomic E-state index is 0.0942. The summed E-state index contributed by atoms with van der Waals surface area (Å²) in [4.78, 5) is 12.2. The summed E-state index contributed by atoms with van der Waals surface area (Å²) in [7, 11) is 2.87. The summed E-state index contributed by atoms with van der Waals surface area (Å²) in [5.41, 5.74) is 1.73. The maximum atomic E-state index is 9.42. The zero-order valence-electron chi connectivity index (χ0n) is 16.2. The molecular formula is C21H16N6O3. The molecule has 2 aromatic carbocycles. The highest BCUT2D eigenvalue weighted by Gasteiger charge is 2.11. The number of nitriles is 2. The Morgan fingerprint density at radius 1 is 0.967 bits per heavy atom. The van der Waals surface area contributed by atoms with E-state index in [0.29, 0.717) is 22.7 Å². The van der Waals surface area contributed by atoms with Crippen molar-refractivity contribution in [3.05, 3.63) is 59.7 Å². The Morgan fingerprint density at radius 2 is 1.73 bits per heavy atom. The lowest BCUT2D eigenvalue weighted by atomic mass is 10.2. The second kappa shape index (κ2) is 9.53. The molecule has 0 fully saturated rings. The molecule has 3 aromatic rings. The molecule has 0 bridgehead atoms. The first-order chi connectivity index (χ1) is 14.6. The Morgan fingerprint density at radius 3 is 2.40 bits per heavy atom. The third-order valence-electron chi connectivity index (χ3n) is 3.75. The highest BCUT2D eigenvalue weighted by molar-refractivity contribution is 5.61. The number of hydrogen-bond acceptors (Lipinski definition) is 9. The number of benzene rings is 2. The summed E-state index contributed by atoms with van der Waals surface area (Å²) in [6, 6.07) is 16.3. The van der Waals surface area contributed by atoms with Crippen LogP contribution in [0.15, 0.2) is 48.5 Å². The van der Waals surface area contributed by atoms with Crippen LogP contribution in [0, 0.1) is 22.7 Å². The smallest absolute Gasteiger partial charge is 0.324 e. The van der Waals surface area contributed by atoms with Crippen molar-refractivity contribution >= 4 is 17.7 Å². The minimum Gasteiger partial charge on any atom is -0.467 e. The fourth-order valence-electron chi connectivity index (χ4n) is 2.42. The van der Waals surface area contributed by atoms with Crippen molar-refractivity contribution in [3.8, 4) is 35.7 Å². The number of allylic oxidation sites excluding steroid dienone is 1. The predicted octanol–water partition coefficient (Wildman–Crippen LogP) is 3.83. The molecule has 1 N–H and O–H groups in total. The van der Waals surface area contributed by atoms with Gasteiger partial charge >= 0.3 is 12.0 Å². The molecule has 0 aliphatic heterocycles. The fraction of sp³-hybridized carbons (Fsp3) is 0.0952. The minimum atomic E-state index is 0.0942. The van der Waals surface area contributed by atoms with Gasteiger partial charge in [-0.2, -0.15) is 20.5 Å². The van der Waals surface area contributed by atoms with E-state index in [1.165, 1.54) is 20.3 Å². The summed E-state index contributed by atoms with van der Waals surface area (Å²) in [6.07, 6.45) is 3.04. The first kappa shape index (κ1) is 20.1. The quantitative estimate of drug-likeness (QED) is 0.589. The molecule has 1 aromatic heterocycles. The molecule has 9 nitrogen and oxygen atoms in total. The average molecular weight is 400 g/mol. The zero-order valence-corrected chi connectivity index (χ0v) is 16.2. The Hall–Kier alpha value is -4.63. The van der Waals surface area contributed by atoms with Gasteiger partial charge in [0.15, 0.2) is 0 Å². The molecule has 0 saturated heterocycles. The first-order valence-electron chi connectivity index (χ1n) is 8.64. The third kappa shape index (κ3) is 5.00. The van der Waals surface area contributed by atoms with Gasteiger partial charge < -0.3 is 19.5 Å². The number of anilines is 2. The summed E-state index contributed by atoms with van der Waals surface area (Å²) < 4.78 is 16.0. The SMILES string of the molecule is COc1nc(Nc2ccc(C#N)c(Oc3cccc(/C=C/C#N)c3)c2)nc(OC)n1. The average Bonchev–Trinajstić information content (AvgIpc) is 2.78. The number of rotatable bonds is 7. The van der Waals surface area contributed by atoms with Gasteiger partial charge in [-0.15, -0.1) is 4.98 Å². The Balaban J connectivity index is 1.89. The van der Waals surface area contributed by atoms with E-state index in [1.807, 2.05) is 12.1 Å². The van der Waals surface area contributed by atoms with Crippen LogP contribution in [-0.4, -0.2) is 29.2 Å². The standard InChI is InChI=1S/C21H16N6O3/c1-28-20-25-19(26-21(27-20)29-2)24-16-9-8-15(13-23)18(12-16)30-17-7-3-5-14(11-17)6-4-10-22/h3-9,11-12H,1-2H3,(H,24,25,26,27)/b6-4+. The summed E-state index contributed by atoms with van der Waals surface area (Å²) in [6.45, 7) is 0. The maximum absolute atomic E-state index is 9.42. The highest BCUT2D eigenvalue weighted by atomic mass is 16.5. The molecule has 1 heterocycles. The van der Waals surface area contributed by atoms with Crippen LogP contribution in [0.4, 0.5) is 11.6 Å². The monoisotopic (exact) mass is 400 g/mol. The molecule has 0 amide bonds. The van der Waals surface area contributed by atoms with Crippen molar-refractivity contribution < 1.29 is 14.2 Å². The van der Waals surface area contributed by atoms with E-state index in [1.54, 1.807) is 42.5 Å². The van der Waals surface area contributed by atoms with Gasteiger partial charge in [-0.25, -0.2) is 0 Å². The Bertz CT molecular complexity index is 1140. The molecule has 3 rings (SSSR count). The van der Waals surface area contributed by atoms with Crippen molar-refractivity contribution in [2.75, 3.05) is 19.5 Å². The van der Waals surface area contributed by atoms with Gasteiger partial charge in [0.2, 0.25) is 5.95 Å². The van der Waals surface area contributed by atoms with E-state index < -0.39 is 0 Å². The highest BCUT2D eigenvalue weighted by Crippen LogP contribution is 2.30. The summed E-state index contributed by atoms with van der Waals surface area (Å²) in [5.74, 6) is 1.07. The van der Waals surface area contributed by atoms with Crippen molar-refractivity contribution in [1.82, 2.24) is 15.0 Å². The predicted molar refractivity (Wildman–Crippen MR) is 109 cm³/mol. The van der Waals surface area contributed by atoms with Crippen LogP contribution in [0.5, 0.6) is 23.5 Å². The lowest BCUT2D eigenvalue weighted by Gasteiger charge is -2.11. The van der Waals surface area contributed by atoms with Gasteiger partial charge in [0, 0.05) is 17.8 Å².